The van der Waals surface area contributed by atoms with Gasteiger partial charge in [-0.05, 0) is 35.9 Å². The van der Waals surface area contributed by atoms with Gasteiger partial charge in [-0.15, -0.1) is 11.3 Å². The highest BCUT2D eigenvalue weighted by Gasteiger charge is 2.23. The predicted octanol–water partition coefficient (Wildman–Crippen LogP) is 4.61. The number of amides is 1. The van der Waals surface area contributed by atoms with E-state index in [0.717, 1.165) is 0 Å². The van der Waals surface area contributed by atoms with Crippen LogP contribution in [0.4, 0.5) is 9.39 Å². The molecule has 0 atom stereocenters. The summed E-state index contributed by atoms with van der Waals surface area (Å²) in [6, 6.07) is 10.5. The standard InChI is InChI=1S/C21H18FNO5S/c1-26-16-9-6-13(10-17(16)27-2)19(24)23-20-18(21(25)28-3)15(11-29-20)12-4-7-14(22)8-5-12/h4-11H,1-3H3,(H,23,24). The van der Waals surface area contributed by atoms with Crippen molar-refractivity contribution in [3.63, 3.8) is 0 Å². The van der Waals surface area contributed by atoms with Gasteiger partial charge in [0.1, 0.15) is 16.4 Å². The second kappa shape index (κ2) is 8.74. The molecule has 1 heterocycles. The zero-order valence-corrected chi connectivity index (χ0v) is 16.8. The lowest BCUT2D eigenvalue weighted by molar-refractivity contribution is 0.0603. The number of carbonyl (C=O) groups excluding carboxylic acids is 2. The fourth-order valence-electron chi connectivity index (χ4n) is 2.75. The number of rotatable bonds is 6. The topological polar surface area (TPSA) is 73.9 Å². The normalized spacial score (nSPS) is 10.3. The number of nitrogens with one attached hydrogen (secondary N) is 1. The van der Waals surface area contributed by atoms with Crippen molar-refractivity contribution in [1.29, 1.82) is 0 Å². The summed E-state index contributed by atoms with van der Waals surface area (Å²) in [5, 5.41) is 4.78. The lowest BCUT2D eigenvalue weighted by Gasteiger charge is -2.10. The molecule has 0 bridgehead atoms. The second-order valence-electron chi connectivity index (χ2n) is 5.88. The molecule has 0 radical (unpaired) electrons. The van der Waals surface area contributed by atoms with Crippen molar-refractivity contribution in [3.05, 3.63) is 64.8 Å². The van der Waals surface area contributed by atoms with Gasteiger partial charge in [-0.3, -0.25) is 4.79 Å². The van der Waals surface area contributed by atoms with Gasteiger partial charge in [0.25, 0.3) is 5.91 Å². The van der Waals surface area contributed by atoms with Gasteiger partial charge in [-0.2, -0.15) is 0 Å². The Hall–Kier alpha value is -3.39. The van der Waals surface area contributed by atoms with Crippen LogP contribution in [0, 0.1) is 5.82 Å². The van der Waals surface area contributed by atoms with Crippen molar-refractivity contribution in [3.8, 4) is 22.6 Å². The minimum absolute atomic E-state index is 0.206. The quantitative estimate of drug-likeness (QED) is 0.595. The van der Waals surface area contributed by atoms with Gasteiger partial charge in [-0.25, -0.2) is 9.18 Å². The molecule has 29 heavy (non-hydrogen) atoms. The SMILES string of the molecule is COC(=O)c1c(-c2ccc(F)cc2)csc1NC(=O)c1ccc(OC)c(OC)c1. The molecule has 0 aliphatic carbocycles. The first-order valence-electron chi connectivity index (χ1n) is 8.47. The summed E-state index contributed by atoms with van der Waals surface area (Å²) in [4.78, 5) is 25.1. The Balaban J connectivity index is 1.96. The minimum atomic E-state index is -0.604. The Morgan fingerprint density at radius 1 is 0.966 bits per heavy atom. The third-order valence-electron chi connectivity index (χ3n) is 4.21. The summed E-state index contributed by atoms with van der Waals surface area (Å²) in [6.45, 7) is 0. The molecule has 0 saturated carbocycles. The molecular formula is C21H18FNO5S. The van der Waals surface area contributed by atoms with Crippen LogP contribution in [0.25, 0.3) is 11.1 Å². The summed E-state index contributed by atoms with van der Waals surface area (Å²) in [7, 11) is 4.24. The fraction of sp³-hybridized carbons (Fsp3) is 0.143. The molecule has 150 valence electrons. The molecule has 0 fully saturated rings. The smallest absolute Gasteiger partial charge is 0.341 e. The van der Waals surface area contributed by atoms with Gasteiger partial charge in [0, 0.05) is 16.5 Å². The van der Waals surface area contributed by atoms with Gasteiger partial charge in [-0.1, -0.05) is 12.1 Å². The summed E-state index contributed by atoms with van der Waals surface area (Å²) in [5.41, 5.74) is 1.72. The predicted molar refractivity (Wildman–Crippen MR) is 109 cm³/mol. The van der Waals surface area contributed by atoms with Crippen LogP contribution in [0.3, 0.4) is 0 Å². The largest absolute Gasteiger partial charge is 0.493 e. The van der Waals surface area contributed by atoms with Crippen molar-refractivity contribution < 1.29 is 28.2 Å². The van der Waals surface area contributed by atoms with Crippen molar-refractivity contribution in [2.75, 3.05) is 26.6 Å². The van der Waals surface area contributed by atoms with E-state index in [0.29, 0.717) is 33.2 Å². The van der Waals surface area contributed by atoms with Crippen molar-refractivity contribution in [1.82, 2.24) is 0 Å². The van der Waals surface area contributed by atoms with Crippen LogP contribution in [-0.2, 0) is 4.74 Å². The van der Waals surface area contributed by atoms with Gasteiger partial charge >= 0.3 is 5.97 Å². The molecule has 0 spiro atoms. The number of methoxy groups -OCH3 is 3. The average Bonchev–Trinajstić information content (AvgIpc) is 3.16. The maximum absolute atomic E-state index is 13.2. The molecule has 1 amide bonds. The van der Waals surface area contributed by atoms with Crippen LogP contribution >= 0.6 is 11.3 Å². The molecular weight excluding hydrogens is 397 g/mol. The zero-order valence-electron chi connectivity index (χ0n) is 15.9. The third kappa shape index (κ3) is 4.22. The van der Waals surface area contributed by atoms with Crippen LogP contribution in [0.2, 0.25) is 0 Å². The monoisotopic (exact) mass is 415 g/mol. The van der Waals surface area contributed by atoms with E-state index in [2.05, 4.69) is 5.32 Å². The highest BCUT2D eigenvalue weighted by molar-refractivity contribution is 7.15. The van der Waals surface area contributed by atoms with Gasteiger partial charge in [0.15, 0.2) is 11.5 Å². The summed E-state index contributed by atoms with van der Waals surface area (Å²) < 4.78 is 28.5. The van der Waals surface area contributed by atoms with Crippen molar-refractivity contribution in [2.24, 2.45) is 0 Å². The highest BCUT2D eigenvalue weighted by Crippen LogP contribution is 2.37. The molecule has 1 N–H and O–H groups in total. The molecule has 0 aliphatic heterocycles. The maximum atomic E-state index is 13.2. The molecule has 2 aromatic carbocycles. The van der Waals surface area contributed by atoms with E-state index < -0.39 is 11.9 Å². The minimum Gasteiger partial charge on any atom is -0.493 e. The van der Waals surface area contributed by atoms with E-state index in [1.807, 2.05) is 0 Å². The summed E-state index contributed by atoms with van der Waals surface area (Å²) >= 11 is 1.18. The Bertz CT molecular complexity index is 1050. The number of esters is 1. The van der Waals surface area contributed by atoms with Crippen LogP contribution in [-0.4, -0.2) is 33.2 Å². The van der Waals surface area contributed by atoms with Crippen LogP contribution in [0.5, 0.6) is 11.5 Å². The first kappa shape index (κ1) is 20.3. The van der Waals surface area contributed by atoms with Gasteiger partial charge < -0.3 is 19.5 Å². The molecule has 3 rings (SSSR count). The zero-order chi connectivity index (χ0) is 21.0. The number of hydrogen-bond acceptors (Lipinski definition) is 6. The number of benzene rings is 2. The summed E-state index contributed by atoms with van der Waals surface area (Å²) in [5.74, 6) is -0.511. The van der Waals surface area contributed by atoms with E-state index in [-0.39, 0.29) is 11.4 Å². The second-order valence-corrected chi connectivity index (χ2v) is 6.76. The van der Waals surface area contributed by atoms with Crippen LogP contribution in [0.15, 0.2) is 47.8 Å². The molecule has 3 aromatic rings. The first-order valence-corrected chi connectivity index (χ1v) is 9.35. The fourth-order valence-corrected chi connectivity index (χ4v) is 3.70. The van der Waals surface area contributed by atoms with E-state index in [1.54, 1.807) is 35.7 Å². The Morgan fingerprint density at radius 3 is 2.28 bits per heavy atom. The van der Waals surface area contributed by atoms with E-state index >= 15 is 0 Å². The number of anilines is 1. The van der Waals surface area contributed by atoms with Crippen LogP contribution in [0.1, 0.15) is 20.7 Å². The first-order chi connectivity index (χ1) is 14.0. The van der Waals surface area contributed by atoms with E-state index in [9.17, 15) is 14.0 Å². The van der Waals surface area contributed by atoms with Crippen molar-refractivity contribution in [2.45, 2.75) is 0 Å². The van der Waals surface area contributed by atoms with E-state index in [4.69, 9.17) is 14.2 Å². The number of ether oxygens (including phenoxy) is 3. The van der Waals surface area contributed by atoms with Gasteiger partial charge in [0.2, 0.25) is 0 Å². The Labute approximate surface area is 170 Å². The Kier molecular flexibility index (Phi) is 6.13. The maximum Gasteiger partial charge on any atom is 0.341 e. The van der Waals surface area contributed by atoms with Crippen molar-refractivity contribution >= 4 is 28.2 Å². The number of halogens is 1. The summed E-state index contributed by atoms with van der Waals surface area (Å²) in [6.07, 6.45) is 0. The molecule has 8 heteroatoms. The number of hydrogen-bond donors (Lipinski definition) is 1. The third-order valence-corrected chi connectivity index (χ3v) is 5.10. The lowest BCUT2D eigenvalue weighted by Crippen LogP contribution is -2.14. The van der Waals surface area contributed by atoms with E-state index in [1.165, 1.54) is 44.8 Å². The number of carbonyl (C=O) groups is 2. The van der Waals surface area contributed by atoms with Crippen LogP contribution < -0.4 is 14.8 Å². The molecule has 6 nitrogen and oxygen atoms in total. The highest BCUT2D eigenvalue weighted by atomic mass is 32.1. The van der Waals surface area contributed by atoms with Gasteiger partial charge in [0.05, 0.1) is 21.3 Å². The number of thiophene rings is 1. The molecule has 0 aliphatic rings. The molecule has 1 aromatic heterocycles. The molecule has 0 saturated heterocycles. The lowest BCUT2D eigenvalue weighted by atomic mass is 10.0. The Morgan fingerprint density at radius 2 is 1.66 bits per heavy atom. The average molecular weight is 415 g/mol. The molecule has 0 unspecified atom stereocenters.